The molecule has 2 aliphatic rings. The lowest BCUT2D eigenvalue weighted by Gasteiger charge is -2.25. The van der Waals surface area contributed by atoms with E-state index >= 15 is 0 Å². The maximum Gasteiger partial charge on any atom is 0.325 e. The molecule has 1 aromatic rings. The Labute approximate surface area is 141 Å². The Bertz CT molecular complexity index is 727. The highest BCUT2D eigenvalue weighted by atomic mass is 32.2. The van der Waals surface area contributed by atoms with Crippen LogP contribution >= 0.6 is 0 Å². The molecule has 1 aliphatic carbocycles. The average molecular weight is 352 g/mol. The Morgan fingerprint density at radius 1 is 1.21 bits per heavy atom. The maximum atomic E-state index is 13.1. The van der Waals surface area contributed by atoms with Crippen LogP contribution in [0.1, 0.15) is 6.42 Å². The molecular formula is C17H20O6S. The van der Waals surface area contributed by atoms with Crippen LogP contribution in [0.25, 0.3) is 0 Å². The highest BCUT2D eigenvalue weighted by Gasteiger charge is 2.51. The number of ether oxygens (including phenoxy) is 3. The summed E-state index contributed by atoms with van der Waals surface area (Å²) in [6.45, 7) is 0. The second-order valence-electron chi connectivity index (χ2n) is 5.93. The first-order chi connectivity index (χ1) is 11.5. The van der Waals surface area contributed by atoms with Gasteiger partial charge < -0.3 is 14.2 Å². The van der Waals surface area contributed by atoms with E-state index in [9.17, 15) is 13.2 Å². The molecule has 3 rings (SSSR count). The van der Waals surface area contributed by atoms with Crippen molar-refractivity contribution in [3.8, 4) is 0 Å². The molecule has 24 heavy (non-hydrogen) atoms. The van der Waals surface area contributed by atoms with E-state index in [2.05, 4.69) is 0 Å². The Kier molecular flexibility index (Phi) is 4.76. The molecule has 1 heterocycles. The van der Waals surface area contributed by atoms with Gasteiger partial charge in [-0.05, 0) is 12.1 Å². The molecule has 0 saturated carbocycles. The number of hydrogen-bond donors (Lipinski definition) is 0. The summed E-state index contributed by atoms with van der Waals surface area (Å²) in [4.78, 5) is 12.5. The molecule has 0 N–H and O–H groups in total. The third kappa shape index (κ3) is 2.87. The lowest BCUT2D eigenvalue weighted by atomic mass is 9.89. The third-order valence-electron chi connectivity index (χ3n) is 4.66. The molecule has 2 unspecified atom stereocenters. The predicted octanol–water partition coefficient (Wildman–Crippen LogP) is 1.57. The Morgan fingerprint density at radius 2 is 1.92 bits per heavy atom. The van der Waals surface area contributed by atoms with Gasteiger partial charge in [-0.15, -0.1) is 0 Å². The fourth-order valence-corrected chi connectivity index (χ4v) is 5.36. The molecule has 1 aliphatic heterocycles. The van der Waals surface area contributed by atoms with Crippen LogP contribution in [0.5, 0.6) is 0 Å². The highest BCUT2D eigenvalue weighted by molar-refractivity contribution is 7.92. The van der Waals surface area contributed by atoms with Crippen molar-refractivity contribution in [3.05, 3.63) is 42.5 Å². The first kappa shape index (κ1) is 17.1. The van der Waals surface area contributed by atoms with Gasteiger partial charge in [-0.25, -0.2) is 8.42 Å². The van der Waals surface area contributed by atoms with Crippen LogP contribution in [0.15, 0.2) is 47.4 Å². The predicted molar refractivity (Wildman–Crippen MR) is 85.8 cm³/mol. The Morgan fingerprint density at radius 3 is 2.54 bits per heavy atom. The number of allylic oxidation sites excluding steroid dienone is 1. The monoisotopic (exact) mass is 352 g/mol. The van der Waals surface area contributed by atoms with E-state index in [0.717, 1.165) is 0 Å². The Hall–Kier alpha value is -1.70. The van der Waals surface area contributed by atoms with E-state index in [-0.39, 0.29) is 23.2 Å². The van der Waals surface area contributed by atoms with Crippen molar-refractivity contribution in [3.63, 3.8) is 0 Å². The van der Waals surface area contributed by atoms with E-state index in [1.807, 2.05) is 6.08 Å². The molecule has 1 saturated heterocycles. The van der Waals surface area contributed by atoms with Crippen molar-refractivity contribution < 1.29 is 27.4 Å². The second kappa shape index (κ2) is 6.66. The molecule has 0 aromatic heterocycles. The number of sulfone groups is 1. The van der Waals surface area contributed by atoms with Crippen LogP contribution in [-0.4, -0.2) is 46.3 Å². The smallest absolute Gasteiger partial charge is 0.325 e. The van der Waals surface area contributed by atoms with Gasteiger partial charge in [0.15, 0.2) is 21.4 Å². The number of fused-ring (bicyclic) bond motifs is 1. The number of benzene rings is 1. The number of carbonyl (C=O) groups excluding carboxylic acids is 1. The number of rotatable bonds is 5. The molecule has 7 heteroatoms. The molecule has 0 radical (unpaired) electrons. The van der Waals surface area contributed by atoms with Crippen molar-refractivity contribution in [2.24, 2.45) is 11.8 Å². The highest BCUT2D eigenvalue weighted by Crippen LogP contribution is 2.43. The summed E-state index contributed by atoms with van der Waals surface area (Å²) in [5.41, 5.74) is 0. The van der Waals surface area contributed by atoms with Crippen LogP contribution in [0.4, 0.5) is 0 Å². The van der Waals surface area contributed by atoms with E-state index in [1.165, 1.54) is 19.2 Å². The van der Waals surface area contributed by atoms with Crippen molar-refractivity contribution in [2.75, 3.05) is 14.2 Å². The minimum absolute atomic E-state index is 0.111. The summed E-state index contributed by atoms with van der Waals surface area (Å²) in [5.74, 6) is -1.39. The van der Waals surface area contributed by atoms with Crippen molar-refractivity contribution in [1.82, 2.24) is 0 Å². The fourth-order valence-electron chi connectivity index (χ4n) is 3.47. The lowest BCUT2D eigenvalue weighted by molar-refractivity contribution is -0.141. The first-order valence-electron chi connectivity index (χ1n) is 7.72. The van der Waals surface area contributed by atoms with Crippen molar-refractivity contribution in [1.29, 1.82) is 0 Å². The lowest BCUT2D eigenvalue weighted by Crippen LogP contribution is -2.40. The summed E-state index contributed by atoms with van der Waals surface area (Å²) in [5, 5.41) is -1.30. The van der Waals surface area contributed by atoms with Crippen LogP contribution in [0, 0.1) is 11.8 Å². The first-order valence-corrected chi connectivity index (χ1v) is 9.27. The van der Waals surface area contributed by atoms with E-state index in [4.69, 9.17) is 14.2 Å². The van der Waals surface area contributed by atoms with Crippen LogP contribution in [0.3, 0.4) is 0 Å². The van der Waals surface area contributed by atoms with Gasteiger partial charge >= 0.3 is 5.97 Å². The summed E-state index contributed by atoms with van der Waals surface area (Å²) in [6, 6.07) is 7.98. The quantitative estimate of drug-likeness (QED) is 0.591. The topological polar surface area (TPSA) is 78.9 Å². The fraction of sp³-hybridized carbons (Fsp3) is 0.471. The molecule has 5 atom stereocenters. The number of carbonyl (C=O) groups is 1. The minimum Gasteiger partial charge on any atom is -0.468 e. The van der Waals surface area contributed by atoms with Gasteiger partial charge in [0.2, 0.25) is 0 Å². The number of methoxy groups -OCH3 is 2. The van der Waals surface area contributed by atoms with Crippen LogP contribution < -0.4 is 0 Å². The van der Waals surface area contributed by atoms with E-state index in [1.54, 1.807) is 31.4 Å². The normalized spacial score (nSPS) is 30.1. The van der Waals surface area contributed by atoms with Crippen LogP contribution in [0.2, 0.25) is 0 Å². The van der Waals surface area contributed by atoms with Gasteiger partial charge in [-0.3, -0.25) is 4.79 Å². The zero-order valence-electron chi connectivity index (χ0n) is 13.5. The molecule has 130 valence electrons. The molecule has 6 nitrogen and oxygen atoms in total. The molecule has 0 amide bonds. The zero-order chi connectivity index (χ0) is 17.3. The van der Waals surface area contributed by atoms with Gasteiger partial charge in [0, 0.05) is 25.4 Å². The molecule has 1 aromatic carbocycles. The SMILES string of the molecule is COC(=O)C([C@H]1C=C[C@H]2OC(OC)C[C@@H]12)S(=O)(=O)c1ccccc1. The second-order valence-corrected chi connectivity index (χ2v) is 8.00. The van der Waals surface area contributed by atoms with Crippen molar-refractivity contribution >= 4 is 15.8 Å². The number of hydrogen-bond acceptors (Lipinski definition) is 6. The van der Waals surface area contributed by atoms with E-state index < -0.39 is 27.0 Å². The molecule has 0 bridgehead atoms. The third-order valence-corrected chi connectivity index (χ3v) is 6.77. The van der Waals surface area contributed by atoms with Gasteiger partial charge in [0.25, 0.3) is 0 Å². The van der Waals surface area contributed by atoms with Gasteiger partial charge in [0.1, 0.15) is 0 Å². The molecule has 1 fully saturated rings. The van der Waals surface area contributed by atoms with Gasteiger partial charge in [-0.2, -0.15) is 0 Å². The largest absolute Gasteiger partial charge is 0.468 e. The van der Waals surface area contributed by atoms with E-state index in [0.29, 0.717) is 6.42 Å². The summed E-state index contributed by atoms with van der Waals surface area (Å²) in [7, 11) is -1.13. The van der Waals surface area contributed by atoms with Crippen LogP contribution in [-0.2, 0) is 28.8 Å². The zero-order valence-corrected chi connectivity index (χ0v) is 14.3. The summed E-state index contributed by atoms with van der Waals surface area (Å²) >= 11 is 0. The maximum absolute atomic E-state index is 13.1. The minimum atomic E-state index is -3.88. The standard InChI is InChI=1S/C17H20O6S/c1-21-15-10-13-12(8-9-14(13)23-15)16(17(18)22-2)24(19,20)11-6-4-3-5-7-11/h3-9,12-16H,10H2,1-2H3/t12-,13-,14+,15?,16?/m0/s1. The number of esters is 1. The van der Waals surface area contributed by atoms with Gasteiger partial charge in [0.05, 0.1) is 18.1 Å². The van der Waals surface area contributed by atoms with Crippen molar-refractivity contribution in [2.45, 2.75) is 29.0 Å². The summed E-state index contributed by atoms with van der Waals surface area (Å²) in [6.07, 6.45) is 3.48. The average Bonchev–Trinajstić information content (AvgIpc) is 3.17. The Balaban J connectivity index is 1.97. The molecule has 0 spiro atoms. The molecular weight excluding hydrogens is 332 g/mol. The van der Waals surface area contributed by atoms with Gasteiger partial charge in [-0.1, -0.05) is 30.4 Å². The summed E-state index contributed by atoms with van der Waals surface area (Å²) < 4.78 is 41.8.